The van der Waals surface area contributed by atoms with Gasteiger partial charge in [-0.25, -0.2) is 8.42 Å². The molecule has 1 aromatic rings. The Bertz CT molecular complexity index is 633. The van der Waals surface area contributed by atoms with Crippen molar-refractivity contribution in [1.82, 2.24) is 4.31 Å². The molecule has 1 aromatic carbocycles. The highest BCUT2D eigenvalue weighted by Gasteiger charge is 2.35. The molecule has 7 heteroatoms. The number of nitrogen functional groups attached to an aromatic ring is 1. The summed E-state index contributed by atoms with van der Waals surface area (Å²) < 4.78 is 26.9. The minimum absolute atomic E-state index is 0.104. The molecule has 0 radical (unpaired) electrons. The van der Waals surface area contributed by atoms with E-state index in [0.29, 0.717) is 24.1 Å². The maximum absolute atomic E-state index is 12.8. The summed E-state index contributed by atoms with van der Waals surface area (Å²) in [6.45, 7) is 1.66. The number of hydrogen-bond acceptors (Lipinski definition) is 4. The van der Waals surface area contributed by atoms with E-state index in [1.807, 2.05) is 0 Å². The number of hydrogen-bond donors (Lipinski definition) is 2. The second kappa shape index (κ2) is 6.12. The van der Waals surface area contributed by atoms with Crippen LogP contribution in [0.2, 0.25) is 5.02 Å². The Kier molecular flexibility index (Phi) is 4.82. The van der Waals surface area contributed by atoms with E-state index in [4.69, 9.17) is 17.3 Å². The van der Waals surface area contributed by atoms with E-state index in [9.17, 15) is 13.5 Å². The molecule has 1 fully saturated rings. The van der Waals surface area contributed by atoms with Crippen LogP contribution in [0.15, 0.2) is 17.0 Å². The molecule has 1 aliphatic carbocycles. The Hall–Kier alpha value is -0.820. The summed E-state index contributed by atoms with van der Waals surface area (Å²) in [6, 6.07) is 2.54. The normalized spacial score (nSPS) is 23.5. The molecule has 5 nitrogen and oxygen atoms in total. The molecule has 2 unspecified atom stereocenters. The van der Waals surface area contributed by atoms with E-state index in [-0.39, 0.29) is 9.92 Å². The summed E-state index contributed by atoms with van der Waals surface area (Å²) >= 11 is 5.93. The van der Waals surface area contributed by atoms with Crippen LogP contribution in [0.25, 0.3) is 0 Å². The van der Waals surface area contributed by atoms with E-state index in [1.54, 1.807) is 6.92 Å². The number of likely N-dealkylation sites (N-methyl/N-ethyl adjacent to an activating group) is 1. The molecule has 21 heavy (non-hydrogen) atoms. The lowest BCUT2D eigenvalue weighted by molar-refractivity contribution is 0.0638. The van der Waals surface area contributed by atoms with Crippen molar-refractivity contribution < 1.29 is 13.5 Å². The summed E-state index contributed by atoms with van der Waals surface area (Å²) in [4.78, 5) is 0.104. The van der Waals surface area contributed by atoms with Crippen molar-refractivity contribution in [1.29, 1.82) is 0 Å². The third kappa shape index (κ3) is 3.18. The van der Waals surface area contributed by atoms with E-state index < -0.39 is 22.2 Å². The van der Waals surface area contributed by atoms with Crippen LogP contribution in [0.1, 0.15) is 31.2 Å². The number of benzene rings is 1. The number of sulfonamides is 1. The van der Waals surface area contributed by atoms with Crippen LogP contribution in [0.4, 0.5) is 5.69 Å². The molecule has 0 aliphatic heterocycles. The van der Waals surface area contributed by atoms with Crippen molar-refractivity contribution >= 4 is 27.3 Å². The molecule has 2 atom stereocenters. The second-order valence-corrected chi connectivity index (χ2v) is 7.96. The minimum Gasteiger partial charge on any atom is -0.398 e. The Balaban J connectivity index is 2.42. The van der Waals surface area contributed by atoms with Crippen molar-refractivity contribution in [3.8, 4) is 0 Å². The molecule has 0 saturated heterocycles. The van der Waals surface area contributed by atoms with Crippen LogP contribution in [0.5, 0.6) is 0 Å². The fourth-order valence-corrected chi connectivity index (χ4v) is 4.78. The van der Waals surface area contributed by atoms with E-state index >= 15 is 0 Å². The van der Waals surface area contributed by atoms with Gasteiger partial charge in [-0.2, -0.15) is 4.31 Å². The fraction of sp³-hybridized carbons (Fsp3) is 0.571. The number of rotatable bonds is 3. The van der Waals surface area contributed by atoms with Gasteiger partial charge in [0, 0.05) is 17.8 Å². The van der Waals surface area contributed by atoms with Gasteiger partial charge < -0.3 is 10.8 Å². The first-order chi connectivity index (χ1) is 9.75. The number of anilines is 1. The predicted molar refractivity (Wildman–Crippen MR) is 83.8 cm³/mol. The zero-order chi connectivity index (χ0) is 15.8. The fourth-order valence-electron chi connectivity index (χ4n) is 2.79. The first-order valence-electron chi connectivity index (χ1n) is 6.97. The van der Waals surface area contributed by atoms with Gasteiger partial charge in [-0.15, -0.1) is 0 Å². The van der Waals surface area contributed by atoms with Crippen molar-refractivity contribution in [2.24, 2.45) is 0 Å². The van der Waals surface area contributed by atoms with Crippen LogP contribution in [-0.4, -0.2) is 37.0 Å². The first kappa shape index (κ1) is 16.5. The molecule has 1 saturated carbocycles. The summed E-state index contributed by atoms with van der Waals surface area (Å²) in [6.07, 6.45) is 2.50. The SMILES string of the molecule is Cc1c(N)cc(Cl)cc1S(=O)(=O)N(C)C1CCCCC1O. The molecule has 1 aliphatic rings. The summed E-state index contributed by atoms with van der Waals surface area (Å²) in [5.74, 6) is 0. The van der Waals surface area contributed by atoms with Crippen molar-refractivity contribution in [3.63, 3.8) is 0 Å². The third-order valence-corrected chi connectivity index (χ3v) is 6.41. The van der Waals surface area contributed by atoms with Gasteiger partial charge in [0.2, 0.25) is 10.0 Å². The standard InChI is InChI=1S/C14H21ClN2O3S/c1-9-11(16)7-10(15)8-14(9)21(19,20)17(2)12-5-3-4-6-13(12)18/h7-8,12-13,18H,3-6,16H2,1-2H3. The molecule has 0 heterocycles. The first-order valence-corrected chi connectivity index (χ1v) is 8.78. The van der Waals surface area contributed by atoms with Crippen LogP contribution < -0.4 is 5.73 Å². The van der Waals surface area contributed by atoms with Gasteiger partial charge in [0.25, 0.3) is 0 Å². The Morgan fingerprint density at radius 3 is 2.57 bits per heavy atom. The van der Waals surface area contributed by atoms with Gasteiger partial charge in [-0.1, -0.05) is 24.4 Å². The molecule has 0 bridgehead atoms. The molecule has 2 rings (SSSR count). The number of nitrogens with two attached hydrogens (primary N) is 1. The van der Waals surface area contributed by atoms with Gasteiger partial charge in [-0.3, -0.25) is 0 Å². The highest BCUT2D eigenvalue weighted by Crippen LogP contribution is 2.31. The second-order valence-electron chi connectivity index (χ2n) is 5.56. The maximum Gasteiger partial charge on any atom is 0.243 e. The van der Waals surface area contributed by atoms with Gasteiger partial charge in [0.1, 0.15) is 0 Å². The molecule has 118 valence electrons. The van der Waals surface area contributed by atoms with Gasteiger partial charge >= 0.3 is 0 Å². The lowest BCUT2D eigenvalue weighted by Crippen LogP contribution is -2.46. The van der Waals surface area contributed by atoms with Crippen molar-refractivity contribution in [2.75, 3.05) is 12.8 Å². The van der Waals surface area contributed by atoms with E-state index in [0.717, 1.165) is 12.8 Å². The topological polar surface area (TPSA) is 83.6 Å². The molecular weight excluding hydrogens is 312 g/mol. The lowest BCUT2D eigenvalue weighted by atomic mass is 9.93. The van der Waals surface area contributed by atoms with E-state index in [1.165, 1.54) is 23.5 Å². The molecule has 0 spiro atoms. The smallest absolute Gasteiger partial charge is 0.243 e. The zero-order valence-electron chi connectivity index (χ0n) is 12.2. The van der Waals surface area contributed by atoms with Crippen LogP contribution in [0.3, 0.4) is 0 Å². The Morgan fingerprint density at radius 2 is 1.95 bits per heavy atom. The predicted octanol–water partition coefficient (Wildman–Crippen LogP) is 2.15. The average molecular weight is 333 g/mol. The summed E-state index contributed by atoms with van der Waals surface area (Å²) in [7, 11) is -2.23. The minimum atomic E-state index is -3.74. The quantitative estimate of drug-likeness (QED) is 0.831. The molecule has 0 aromatic heterocycles. The van der Waals surface area contributed by atoms with Crippen molar-refractivity contribution in [3.05, 3.63) is 22.7 Å². The average Bonchev–Trinajstić information content (AvgIpc) is 2.42. The van der Waals surface area contributed by atoms with Crippen LogP contribution in [0, 0.1) is 6.92 Å². The zero-order valence-corrected chi connectivity index (χ0v) is 13.8. The summed E-state index contributed by atoms with van der Waals surface area (Å²) in [5.41, 5.74) is 6.64. The number of nitrogens with zero attached hydrogens (tertiary/aromatic N) is 1. The maximum atomic E-state index is 12.8. The van der Waals surface area contributed by atoms with E-state index in [2.05, 4.69) is 0 Å². The third-order valence-electron chi connectivity index (χ3n) is 4.18. The van der Waals surface area contributed by atoms with Crippen LogP contribution in [-0.2, 0) is 10.0 Å². The summed E-state index contributed by atoms with van der Waals surface area (Å²) in [5, 5.41) is 10.4. The van der Waals surface area contributed by atoms with Crippen LogP contribution >= 0.6 is 11.6 Å². The van der Waals surface area contributed by atoms with Gasteiger partial charge in [-0.05, 0) is 37.5 Å². The van der Waals surface area contributed by atoms with Gasteiger partial charge in [0.05, 0.1) is 17.0 Å². The van der Waals surface area contributed by atoms with Gasteiger partial charge in [0.15, 0.2) is 0 Å². The molecule has 3 N–H and O–H groups in total. The number of aliphatic hydroxyl groups excluding tert-OH is 1. The highest BCUT2D eigenvalue weighted by atomic mass is 35.5. The Labute approximate surface area is 130 Å². The molecular formula is C14H21ClN2O3S. The largest absolute Gasteiger partial charge is 0.398 e. The Morgan fingerprint density at radius 1 is 1.33 bits per heavy atom. The lowest BCUT2D eigenvalue weighted by Gasteiger charge is -2.34. The number of halogens is 1. The number of aliphatic hydroxyl groups is 1. The monoisotopic (exact) mass is 332 g/mol. The molecule has 0 amide bonds. The van der Waals surface area contributed by atoms with Crippen molar-refractivity contribution in [2.45, 2.75) is 49.6 Å². The highest BCUT2D eigenvalue weighted by molar-refractivity contribution is 7.89.